The Hall–Kier alpha value is -6.28. The summed E-state index contributed by atoms with van der Waals surface area (Å²) < 4.78 is 50.1. The summed E-state index contributed by atoms with van der Waals surface area (Å²) in [4.78, 5) is 34.5. The molecule has 472 valence electrons. The normalized spacial score (nSPS) is 32.5. The number of carbonyl (C=O) groups excluding carboxylic acids is 2. The molecule has 0 bridgehead atoms. The van der Waals surface area contributed by atoms with E-state index in [1.807, 2.05) is 0 Å². The van der Waals surface area contributed by atoms with Crippen LogP contribution in [0.5, 0.6) is 0 Å². The molecule has 0 aliphatic carbocycles. The number of aliphatic hydroxyl groups is 12. The van der Waals surface area contributed by atoms with Gasteiger partial charge in [-0.15, -0.1) is 0 Å². The van der Waals surface area contributed by atoms with Gasteiger partial charge in [0.1, 0.15) is 97.4 Å². The monoisotopic (exact) mass is 1220 g/mol. The second kappa shape index (κ2) is 29.6. The van der Waals surface area contributed by atoms with Crippen molar-refractivity contribution in [1.82, 2.24) is 9.80 Å². The molecule has 0 aromatic heterocycles. The summed E-state index contributed by atoms with van der Waals surface area (Å²) in [6.07, 6.45) is -28.9. The minimum atomic E-state index is -2.06. The molecule has 4 heterocycles. The Morgan fingerprint density at radius 3 is 0.750 bits per heavy atom. The lowest BCUT2D eigenvalue weighted by Crippen LogP contribution is -2.73. The van der Waals surface area contributed by atoms with Gasteiger partial charge in [-0.3, -0.25) is 9.59 Å². The van der Waals surface area contributed by atoms with E-state index in [9.17, 15) is 61.3 Å². The predicted octanol–water partition coefficient (Wildman–Crippen LogP) is -0.178. The molecule has 2 amide bonds. The van der Waals surface area contributed by atoms with Crippen molar-refractivity contribution in [2.45, 2.75) is 149 Å². The van der Waals surface area contributed by atoms with Crippen LogP contribution in [-0.4, -0.2) is 232 Å². The second-order valence-corrected chi connectivity index (χ2v) is 22.1. The second-order valence-electron chi connectivity index (χ2n) is 22.1. The molecule has 12 N–H and O–H groups in total. The van der Waals surface area contributed by atoms with Gasteiger partial charge in [0.05, 0.1) is 52.9 Å². The third kappa shape index (κ3) is 13.7. The number of ether oxygens (including phenoxy) is 8. The average Bonchev–Trinajstić information content (AvgIpc) is 0.931. The van der Waals surface area contributed by atoms with E-state index in [0.29, 0.717) is 22.3 Å². The quantitative estimate of drug-likeness (QED) is 0.0420. The van der Waals surface area contributed by atoms with E-state index in [-0.39, 0.29) is 48.3 Å². The number of rotatable bonds is 22. The van der Waals surface area contributed by atoms with E-state index in [4.69, 9.17) is 37.9 Å². The van der Waals surface area contributed by atoms with Crippen LogP contribution in [0.15, 0.2) is 158 Å². The van der Waals surface area contributed by atoms with Crippen molar-refractivity contribution in [2.75, 3.05) is 26.4 Å². The molecule has 10 rings (SSSR count). The van der Waals surface area contributed by atoms with Crippen LogP contribution in [0.25, 0.3) is 10.8 Å². The highest BCUT2D eigenvalue weighted by Crippen LogP contribution is 2.40. The number of aliphatic hydroxyl groups excluding tert-OH is 12. The van der Waals surface area contributed by atoms with Crippen LogP contribution in [0.3, 0.4) is 0 Å². The first kappa shape index (κ1) is 64.7. The molecule has 6 aromatic carbocycles. The Kier molecular flexibility index (Phi) is 21.7. The van der Waals surface area contributed by atoms with E-state index in [1.165, 1.54) is 36.4 Å². The molecule has 0 spiro atoms. The highest BCUT2D eigenvalue weighted by Gasteiger charge is 2.59. The standard InChI is InChI=1S/C64H74N2O22/c67-27-43-51(71)55(75)47(61(85-43)81-31-35-15-5-1-6-16-35)65(48-56(76)52(72)44(28-68)86-62(48)82-32-36-17-7-2-8-18-36)59(79)41-25-26-42(40-24-14-13-23-39(40)41)60(80)66(49-57(77)53(73)45(29-69)87-63(49)83-33-37-19-9-3-10-20-37)50-58(78)54(74)46(30-70)88-64(50)84-34-38-21-11-4-12-22-38/h1-26,43-58,61-64,67-78H,27-34H2/t43-,44-,45-,46-,47+,48+,49+,50+,51-,52-,53-,54-,55-,56-,57-,58-,61+,62+,63+,64+/m1/s1. The van der Waals surface area contributed by atoms with E-state index in [1.54, 1.807) is 121 Å². The van der Waals surface area contributed by atoms with Crippen LogP contribution < -0.4 is 0 Å². The fraction of sp³-hybridized carbons (Fsp3) is 0.438. The minimum Gasteiger partial charge on any atom is -0.394 e. The third-order valence-electron chi connectivity index (χ3n) is 16.6. The molecule has 0 saturated carbocycles. The number of amides is 2. The van der Waals surface area contributed by atoms with Gasteiger partial charge in [0.2, 0.25) is 0 Å². The summed E-state index contributed by atoms with van der Waals surface area (Å²) in [5, 5.41) is 138. The van der Waals surface area contributed by atoms with Crippen LogP contribution >= 0.6 is 0 Å². The highest BCUT2D eigenvalue weighted by atomic mass is 16.7. The fourth-order valence-electron chi connectivity index (χ4n) is 11.9. The van der Waals surface area contributed by atoms with E-state index in [2.05, 4.69) is 0 Å². The maximum Gasteiger partial charge on any atom is 0.255 e. The van der Waals surface area contributed by atoms with Gasteiger partial charge in [-0.1, -0.05) is 146 Å². The molecule has 24 heteroatoms. The van der Waals surface area contributed by atoms with Crippen molar-refractivity contribution in [3.8, 4) is 0 Å². The first-order valence-electron chi connectivity index (χ1n) is 29.0. The lowest BCUT2D eigenvalue weighted by atomic mass is 9.88. The summed E-state index contributed by atoms with van der Waals surface area (Å²) >= 11 is 0. The van der Waals surface area contributed by atoms with Crippen molar-refractivity contribution >= 4 is 22.6 Å². The van der Waals surface area contributed by atoms with Crippen LogP contribution in [0.1, 0.15) is 43.0 Å². The van der Waals surface area contributed by atoms with Crippen molar-refractivity contribution in [1.29, 1.82) is 0 Å². The van der Waals surface area contributed by atoms with Crippen LogP contribution in [0.4, 0.5) is 0 Å². The Bertz CT molecular complexity index is 2810. The lowest BCUT2D eigenvalue weighted by Gasteiger charge is -2.53. The molecule has 0 unspecified atom stereocenters. The van der Waals surface area contributed by atoms with Crippen molar-refractivity contribution in [2.24, 2.45) is 0 Å². The summed E-state index contributed by atoms with van der Waals surface area (Å²) in [5.41, 5.74) is 1.87. The van der Waals surface area contributed by atoms with E-state index < -0.39 is 161 Å². The first-order chi connectivity index (χ1) is 42.7. The predicted molar refractivity (Wildman–Crippen MR) is 307 cm³/mol. The molecule has 88 heavy (non-hydrogen) atoms. The number of benzene rings is 6. The zero-order valence-electron chi connectivity index (χ0n) is 47.6. The third-order valence-corrected chi connectivity index (χ3v) is 16.6. The lowest BCUT2D eigenvalue weighted by molar-refractivity contribution is -0.319. The van der Waals surface area contributed by atoms with E-state index >= 15 is 9.59 Å². The zero-order valence-corrected chi connectivity index (χ0v) is 47.6. The van der Waals surface area contributed by atoms with Crippen molar-refractivity contribution in [3.63, 3.8) is 0 Å². The highest BCUT2D eigenvalue weighted by molar-refractivity contribution is 6.14. The molecule has 4 aliphatic heterocycles. The molecule has 20 atom stereocenters. The average molecular weight is 1220 g/mol. The van der Waals surface area contributed by atoms with Gasteiger partial charge in [-0.2, -0.15) is 0 Å². The number of carbonyl (C=O) groups is 2. The van der Waals surface area contributed by atoms with Gasteiger partial charge in [0, 0.05) is 11.1 Å². The van der Waals surface area contributed by atoms with Crippen LogP contribution in [0, 0.1) is 0 Å². The zero-order chi connectivity index (χ0) is 62.2. The topological polar surface area (TPSA) is 357 Å². The largest absolute Gasteiger partial charge is 0.394 e. The Morgan fingerprint density at radius 2 is 0.534 bits per heavy atom. The molecule has 6 aromatic rings. The SMILES string of the molecule is O=C(c1ccc(C(=O)N([C@@H]2[C@@H](OCc3ccccc3)O[C@H](CO)[C@@H](O)[C@@H]2O)[C@@H]2[C@@H](OCc3ccccc3)O[C@H](CO)[C@@H](O)[C@@H]2O)c2ccccc12)N([C@@H]1[C@@H](OCc2ccccc2)O[C@H](CO)[C@@H](O)[C@@H]1O)[C@@H]1[C@@H](OCc2ccccc2)O[C@H](CO)[C@@H](O)[C@@H]1O. The van der Waals surface area contributed by atoms with Gasteiger partial charge in [-0.25, -0.2) is 0 Å². The molecule has 4 saturated heterocycles. The van der Waals surface area contributed by atoms with Gasteiger partial charge in [0.15, 0.2) is 25.2 Å². The van der Waals surface area contributed by atoms with Gasteiger partial charge in [-0.05, 0) is 45.2 Å². The Morgan fingerprint density at radius 1 is 0.318 bits per heavy atom. The van der Waals surface area contributed by atoms with Gasteiger partial charge < -0.3 is 109 Å². The number of hydrogen-bond donors (Lipinski definition) is 12. The molecule has 4 aliphatic rings. The minimum absolute atomic E-state index is 0.0118. The summed E-state index contributed by atoms with van der Waals surface area (Å²) in [7, 11) is 0. The number of fused-ring (bicyclic) bond motifs is 1. The number of nitrogens with zero attached hydrogens (tertiary/aromatic N) is 2. The Balaban J connectivity index is 1.13. The molecular formula is C64H74N2O22. The molecular weight excluding hydrogens is 1150 g/mol. The summed E-state index contributed by atoms with van der Waals surface area (Å²) in [6.45, 7) is -4.19. The fourth-order valence-corrected chi connectivity index (χ4v) is 11.9. The van der Waals surface area contributed by atoms with E-state index in [0.717, 1.165) is 9.80 Å². The number of hydrogen-bond acceptors (Lipinski definition) is 22. The first-order valence-corrected chi connectivity index (χ1v) is 29.0. The van der Waals surface area contributed by atoms with Crippen LogP contribution in [0.2, 0.25) is 0 Å². The van der Waals surface area contributed by atoms with Crippen molar-refractivity contribution < 1.29 is 109 Å². The summed E-state index contributed by atoms with van der Waals surface area (Å²) in [6, 6.07) is 35.8. The molecule has 24 nitrogen and oxygen atoms in total. The maximum atomic E-state index is 16.3. The maximum absolute atomic E-state index is 16.3. The van der Waals surface area contributed by atoms with Crippen LogP contribution in [-0.2, 0) is 64.3 Å². The Labute approximate surface area is 506 Å². The molecule has 4 fully saturated rings. The smallest absolute Gasteiger partial charge is 0.255 e. The van der Waals surface area contributed by atoms with Gasteiger partial charge in [0.25, 0.3) is 11.8 Å². The van der Waals surface area contributed by atoms with Crippen molar-refractivity contribution in [3.05, 3.63) is 191 Å². The molecule has 0 radical (unpaired) electrons. The van der Waals surface area contributed by atoms with Gasteiger partial charge >= 0.3 is 0 Å². The summed E-state index contributed by atoms with van der Waals surface area (Å²) in [5.74, 6) is -2.16.